The molecule has 0 unspecified atom stereocenters. The average Bonchev–Trinajstić information content (AvgIpc) is 3.53. The summed E-state index contributed by atoms with van der Waals surface area (Å²) in [6.45, 7) is 3.09. The van der Waals surface area contributed by atoms with Crippen LogP contribution >= 0.6 is 0 Å². The van der Waals surface area contributed by atoms with E-state index in [0.29, 0.717) is 52.7 Å². The van der Waals surface area contributed by atoms with E-state index in [9.17, 15) is 31.5 Å². The molecule has 0 bridgehead atoms. The van der Waals surface area contributed by atoms with Crippen LogP contribution in [0, 0.1) is 18.6 Å². The number of nitrogens with zero attached hydrogens (tertiary/aromatic N) is 4. The third kappa shape index (κ3) is 8.23. The molecule has 0 saturated heterocycles. The minimum absolute atomic E-state index is 0.00110. The number of alkyl halides is 3. The van der Waals surface area contributed by atoms with Crippen LogP contribution in [0.3, 0.4) is 0 Å². The summed E-state index contributed by atoms with van der Waals surface area (Å²) in [5.74, 6) is -3.65. The molecular formula is C33H30F5N7O6. The largest absolute Gasteiger partial charge is 0.490 e. The summed E-state index contributed by atoms with van der Waals surface area (Å²) in [5, 5.41) is 15.8. The van der Waals surface area contributed by atoms with Gasteiger partial charge in [0.25, 0.3) is 5.91 Å². The third-order valence-electron chi connectivity index (χ3n) is 7.45. The zero-order valence-electron chi connectivity index (χ0n) is 27.2. The van der Waals surface area contributed by atoms with Crippen LogP contribution in [0.4, 0.5) is 49.9 Å². The van der Waals surface area contributed by atoms with Crippen molar-refractivity contribution in [2.45, 2.75) is 19.6 Å². The predicted octanol–water partition coefficient (Wildman–Crippen LogP) is 5.68. The number of carboxylic acid groups (broad SMARTS) is 1. The molecule has 0 radical (unpaired) electrons. The maximum absolute atomic E-state index is 15.0. The topological polar surface area (TPSA) is 158 Å². The molecule has 6 rings (SSSR count). The molecule has 0 saturated carbocycles. The smallest absolute Gasteiger partial charge is 0.475 e. The van der Waals surface area contributed by atoms with Crippen LogP contribution in [0.25, 0.3) is 11.3 Å². The monoisotopic (exact) mass is 715 g/mol. The van der Waals surface area contributed by atoms with Crippen molar-refractivity contribution in [2.24, 2.45) is 0 Å². The normalized spacial score (nSPS) is 13.2. The summed E-state index contributed by atoms with van der Waals surface area (Å²) in [6.07, 6.45) is -5.08. The molecule has 13 nitrogen and oxygen atoms in total. The van der Waals surface area contributed by atoms with Crippen LogP contribution in [-0.4, -0.2) is 78.0 Å². The van der Waals surface area contributed by atoms with Crippen molar-refractivity contribution < 1.29 is 50.9 Å². The molecule has 268 valence electrons. The first-order valence-electron chi connectivity index (χ1n) is 15.1. The van der Waals surface area contributed by atoms with Gasteiger partial charge < -0.3 is 35.4 Å². The number of hydrogen-bond acceptors (Lipinski definition) is 9. The van der Waals surface area contributed by atoms with Crippen LogP contribution < -0.4 is 30.3 Å². The number of fused-ring (bicyclic) bond motifs is 2. The van der Waals surface area contributed by atoms with Crippen molar-refractivity contribution in [3.8, 4) is 22.8 Å². The maximum atomic E-state index is 15.0. The van der Waals surface area contributed by atoms with Crippen LogP contribution in [0.5, 0.6) is 11.5 Å². The number of amides is 3. The molecule has 0 aliphatic carbocycles. The lowest BCUT2D eigenvalue weighted by atomic mass is 9.97. The molecule has 4 N–H and O–H groups in total. The number of likely N-dealkylation sites (N-methyl/N-ethyl adjacent to an activating group) is 1. The van der Waals surface area contributed by atoms with E-state index in [1.807, 2.05) is 25.9 Å². The van der Waals surface area contributed by atoms with Crippen molar-refractivity contribution >= 4 is 41.0 Å². The van der Waals surface area contributed by atoms with E-state index in [-0.39, 0.29) is 31.0 Å². The summed E-state index contributed by atoms with van der Waals surface area (Å²) in [5.41, 5.74) is 2.52. The lowest BCUT2D eigenvalue weighted by Crippen LogP contribution is -2.43. The first kappa shape index (κ1) is 36.2. The Morgan fingerprint density at radius 2 is 1.71 bits per heavy atom. The number of urea groups is 1. The number of hydrogen-bond donors (Lipinski definition) is 4. The lowest BCUT2D eigenvalue weighted by Gasteiger charge is -2.31. The molecular weight excluding hydrogens is 685 g/mol. The van der Waals surface area contributed by atoms with E-state index in [2.05, 4.69) is 20.9 Å². The SMILES string of the molecule is Cc1ccc(C(=O)Nc2ccc3c(c2)OCO3)cc1-c1nc(NCCN(C)C)nc2c1CNC(=O)N2c1c(F)cccc1F.O=C(O)C(F)(F)F. The number of benzene rings is 3. The van der Waals surface area contributed by atoms with Gasteiger partial charge in [0.2, 0.25) is 12.7 Å². The number of aliphatic carboxylic acids is 1. The molecule has 1 aromatic heterocycles. The number of ether oxygens (including phenoxy) is 2. The molecule has 0 atom stereocenters. The van der Waals surface area contributed by atoms with Crippen LogP contribution in [0.15, 0.2) is 54.6 Å². The highest BCUT2D eigenvalue weighted by Gasteiger charge is 2.38. The summed E-state index contributed by atoms with van der Waals surface area (Å²) in [6, 6.07) is 12.9. The van der Waals surface area contributed by atoms with Gasteiger partial charge in [-0.05, 0) is 63.0 Å². The van der Waals surface area contributed by atoms with Gasteiger partial charge in [-0.2, -0.15) is 18.2 Å². The van der Waals surface area contributed by atoms with Crippen molar-refractivity contribution in [1.29, 1.82) is 0 Å². The fourth-order valence-electron chi connectivity index (χ4n) is 4.96. The fourth-order valence-corrected chi connectivity index (χ4v) is 4.96. The molecule has 18 heteroatoms. The van der Waals surface area contributed by atoms with E-state index in [4.69, 9.17) is 24.4 Å². The molecule has 3 amide bonds. The number of aryl methyl sites for hydroxylation is 1. The Morgan fingerprint density at radius 3 is 2.37 bits per heavy atom. The van der Waals surface area contributed by atoms with Gasteiger partial charge in [0, 0.05) is 41.5 Å². The van der Waals surface area contributed by atoms with Crippen molar-refractivity contribution in [2.75, 3.05) is 49.5 Å². The fraction of sp³-hybridized carbons (Fsp3) is 0.242. The first-order chi connectivity index (χ1) is 24.1. The number of anilines is 4. The number of para-hydroxylation sites is 1. The van der Waals surface area contributed by atoms with E-state index in [0.717, 1.165) is 22.6 Å². The molecule has 51 heavy (non-hydrogen) atoms. The third-order valence-corrected chi connectivity index (χ3v) is 7.45. The van der Waals surface area contributed by atoms with Gasteiger partial charge in [0.15, 0.2) is 17.3 Å². The summed E-state index contributed by atoms with van der Waals surface area (Å²) >= 11 is 0. The molecule has 3 aromatic carbocycles. The van der Waals surface area contributed by atoms with Gasteiger partial charge in [-0.15, -0.1) is 0 Å². The minimum Gasteiger partial charge on any atom is -0.475 e. The second-order valence-corrected chi connectivity index (χ2v) is 11.3. The van der Waals surface area contributed by atoms with Gasteiger partial charge in [0.05, 0.1) is 12.2 Å². The Kier molecular flexibility index (Phi) is 10.5. The van der Waals surface area contributed by atoms with Gasteiger partial charge in [0.1, 0.15) is 17.3 Å². The number of aromatic nitrogens is 2. The second-order valence-electron chi connectivity index (χ2n) is 11.3. The van der Waals surface area contributed by atoms with Gasteiger partial charge in [-0.25, -0.2) is 28.3 Å². The van der Waals surface area contributed by atoms with E-state index < -0.39 is 35.5 Å². The molecule has 2 aliphatic heterocycles. The summed E-state index contributed by atoms with van der Waals surface area (Å²) < 4.78 is 72.5. The van der Waals surface area contributed by atoms with Crippen LogP contribution in [0.2, 0.25) is 0 Å². The number of carbonyl (C=O) groups excluding carboxylic acids is 2. The highest BCUT2D eigenvalue weighted by Crippen LogP contribution is 2.39. The molecule has 2 aliphatic rings. The lowest BCUT2D eigenvalue weighted by molar-refractivity contribution is -0.192. The first-order valence-corrected chi connectivity index (χ1v) is 15.1. The number of nitrogens with one attached hydrogen (secondary N) is 3. The highest BCUT2D eigenvalue weighted by molar-refractivity contribution is 6.06. The van der Waals surface area contributed by atoms with Crippen LogP contribution in [-0.2, 0) is 11.3 Å². The van der Waals surface area contributed by atoms with Crippen LogP contribution in [0.1, 0.15) is 21.5 Å². The van der Waals surface area contributed by atoms with Crippen molar-refractivity contribution in [3.63, 3.8) is 0 Å². The Labute approximate surface area is 287 Å². The van der Waals surface area contributed by atoms with Gasteiger partial charge in [-0.3, -0.25) is 4.79 Å². The van der Waals surface area contributed by atoms with Crippen molar-refractivity contribution in [1.82, 2.24) is 20.2 Å². The Bertz CT molecular complexity index is 1970. The second kappa shape index (κ2) is 14.8. The molecule has 3 heterocycles. The average molecular weight is 716 g/mol. The number of halogens is 5. The van der Waals surface area contributed by atoms with Gasteiger partial charge >= 0.3 is 18.2 Å². The molecule has 0 spiro atoms. The summed E-state index contributed by atoms with van der Waals surface area (Å²) in [4.78, 5) is 47.5. The zero-order valence-corrected chi connectivity index (χ0v) is 27.2. The zero-order chi connectivity index (χ0) is 37.0. The highest BCUT2D eigenvalue weighted by atomic mass is 19.4. The predicted molar refractivity (Wildman–Crippen MR) is 174 cm³/mol. The Balaban J connectivity index is 0.000000654. The quantitative estimate of drug-likeness (QED) is 0.167. The van der Waals surface area contributed by atoms with Crippen molar-refractivity contribution in [3.05, 3.63) is 82.9 Å². The van der Waals surface area contributed by atoms with E-state index >= 15 is 0 Å². The Morgan fingerprint density at radius 1 is 1.02 bits per heavy atom. The summed E-state index contributed by atoms with van der Waals surface area (Å²) in [7, 11) is 3.83. The minimum atomic E-state index is -5.08. The maximum Gasteiger partial charge on any atom is 0.490 e. The molecule has 4 aromatic rings. The number of carboxylic acids is 1. The van der Waals surface area contributed by atoms with E-state index in [1.165, 1.54) is 6.07 Å². The van der Waals surface area contributed by atoms with E-state index in [1.54, 1.807) is 36.4 Å². The number of carbonyl (C=O) groups is 3. The standard InChI is InChI=1S/C31H29F2N7O4.C2HF3O2/c1-17-7-8-18(29(41)36-19-9-10-24-25(14-19)44-16-43-24)13-20(17)26-21-15-35-31(42)40(27-22(32)5-4-6-23(27)33)28(21)38-30(37-26)34-11-12-39(2)3;3-2(4,5)1(6)7/h4-10,13-14H,11-12,15-16H2,1-3H3,(H,35,42)(H,36,41)(H,34,37,38);(H,6,7). The molecule has 0 fully saturated rings. The number of rotatable bonds is 8. The Hall–Kier alpha value is -6.04. The van der Waals surface area contributed by atoms with Gasteiger partial charge in [-0.1, -0.05) is 12.1 Å².